The summed E-state index contributed by atoms with van der Waals surface area (Å²) in [6.45, 7) is 4.14. The van der Waals surface area contributed by atoms with Crippen molar-refractivity contribution in [1.82, 2.24) is 4.98 Å². The predicted molar refractivity (Wildman–Crippen MR) is 82.9 cm³/mol. The number of hydrogen-bond donors (Lipinski definition) is 1. The van der Waals surface area contributed by atoms with Gasteiger partial charge in [-0.3, -0.25) is 0 Å². The van der Waals surface area contributed by atoms with Crippen LogP contribution in [0.25, 0.3) is 0 Å². The summed E-state index contributed by atoms with van der Waals surface area (Å²) in [6.07, 6.45) is 6.65. The average Bonchev–Trinajstić information content (AvgIpc) is 2.50. The minimum atomic E-state index is 0.394. The fourth-order valence-corrected chi connectivity index (χ4v) is 2.55. The van der Waals surface area contributed by atoms with Crippen LogP contribution in [0, 0.1) is 0 Å². The summed E-state index contributed by atoms with van der Waals surface area (Å²) in [4.78, 5) is 4.30. The van der Waals surface area contributed by atoms with Gasteiger partial charge in [0.05, 0.1) is 24.6 Å². The van der Waals surface area contributed by atoms with Gasteiger partial charge in [0.15, 0.2) is 0 Å². The molecule has 0 radical (unpaired) electrons. The van der Waals surface area contributed by atoms with Crippen LogP contribution in [-0.4, -0.2) is 44.1 Å². The summed E-state index contributed by atoms with van der Waals surface area (Å²) in [5, 5.41) is 3.54. The van der Waals surface area contributed by atoms with Gasteiger partial charge in [0.25, 0.3) is 0 Å². The summed E-state index contributed by atoms with van der Waals surface area (Å²) >= 11 is 0. The highest BCUT2D eigenvalue weighted by Gasteiger charge is 2.21. The third-order valence-electron chi connectivity index (χ3n) is 3.62. The van der Waals surface area contributed by atoms with Gasteiger partial charge < -0.3 is 19.5 Å². The van der Waals surface area contributed by atoms with Crippen molar-refractivity contribution < 1.29 is 14.2 Å². The highest BCUT2D eigenvalue weighted by Crippen LogP contribution is 2.21. The highest BCUT2D eigenvalue weighted by atomic mass is 16.5. The lowest BCUT2D eigenvalue weighted by Crippen LogP contribution is -2.34. The molecule has 0 spiro atoms. The molecular weight excluding hydrogens is 268 g/mol. The zero-order chi connectivity index (χ0) is 14.9. The number of pyridine rings is 1. The molecule has 1 aromatic heterocycles. The Labute approximate surface area is 127 Å². The summed E-state index contributed by atoms with van der Waals surface area (Å²) in [5.41, 5.74) is 1.04. The Bertz CT molecular complexity index is 395. The molecule has 1 N–H and O–H groups in total. The van der Waals surface area contributed by atoms with Gasteiger partial charge in [-0.2, -0.15) is 0 Å². The van der Waals surface area contributed by atoms with E-state index in [2.05, 4.69) is 17.2 Å². The number of methoxy groups -OCH3 is 1. The third kappa shape index (κ3) is 5.52. The predicted octanol–water partition coefficient (Wildman–Crippen LogP) is 2.87. The second-order valence-corrected chi connectivity index (χ2v) is 5.37. The van der Waals surface area contributed by atoms with Crippen molar-refractivity contribution in [2.24, 2.45) is 0 Å². The molecular formula is C16H26N2O3. The summed E-state index contributed by atoms with van der Waals surface area (Å²) in [7, 11) is 1.66. The Morgan fingerprint density at radius 1 is 1.38 bits per heavy atom. The molecule has 1 aromatic rings. The van der Waals surface area contributed by atoms with Crippen molar-refractivity contribution in [2.45, 2.75) is 44.8 Å². The minimum absolute atomic E-state index is 0.394. The van der Waals surface area contributed by atoms with E-state index < -0.39 is 0 Å². The first-order valence-electron chi connectivity index (χ1n) is 7.77. The molecule has 1 fully saturated rings. The Kier molecular flexibility index (Phi) is 6.76. The van der Waals surface area contributed by atoms with Crippen molar-refractivity contribution in [3.63, 3.8) is 0 Å². The maximum Gasteiger partial charge on any atom is 0.213 e. The van der Waals surface area contributed by atoms with Crippen molar-refractivity contribution in [2.75, 3.05) is 32.2 Å². The van der Waals surface area contributed by atoms with E-state index in [1.165, 1.54) is 6.42 Å². The molecule has 0 saturated carbocycles. The molecule has 1 saturated heterocycles. The lowest BCUT2D eigenvalue weighted by molar-refractivity contribution is 0.00597. The molecule has 0 bridgehead atoms. The molecule has 21 heavy (non-hydrogen) atoms. The van der Waals surface area contributed by atoms with E-state index in [4.69, 9.17) is 14.2 Å². The molecule has 0 aliphatic carbocycles. The van der Waals surface area contributed by atoms with Crippen LogP contribution in [0.3, 0.4) is 0 Å². The molecule has 0 aromatic carbocycles. The number of aromatic nitrogens is 1. The van der Waals surface area contributed by atoms with Gasteiger partial charge in [0.2, 0.25) is 5.88 Å². The SMILES string of the molecule is CCCC1CC(Nc2ccc(OCCOC)nc2)CCO1. The molecule has 1 aliphatic rings. The van der Waals surface area contributed by atoms with Crippen LogP contribution in [0.4, 0.5) is 5.69 Å². The van der Waals surface area contributed by atoms with Gasteiger partial charge in [-0.05, 0) is 25.3 Å². The van der Waals surface area contributed by atoms with Gasteiger partial charge in [-0.15, -0.1) is 0 Å². The number of nitrogens with one attached hydrogen (secondary N) is 1. The number of nitrogens with zero attached hydrogens (tertiary/aromatic N) is 1. The lowest BCUT2D eigenvalue weighted by atomic mass is 10.00. The monoisotopic (exact) mass is 294 g/mol. The van der Waals surface area contributed by atoms with Gasteiger partial charge >= 0.3 is 0 Å². The van der Waals surface area contributed by atoms with Crippen LogP contribution < -0.4 is 10.1 Å². The van der Waals surface area contributed by atoms with Crippen molar-refractivity contribution >= 4 is 5.69 Å². The average molecular weight is 294 g/mol. The van der Waals surface area contributed by atoms with E-state index in [1.807, 2.05) is 18.3 Å². The number of hydrogen-bond acceptors (Lipinski definition) is 5. The molecule has 0 amide bonds. The molecule has 2 atom stereocenters. The van der Waals surface area contributed by atoms with Crippen LogP contribution in [0.15, 0.2) is 18.3 Å². The van der Waals surface area contributed by atoms with E-state index in [0.29, 0.717) is 31.2 Å². The van der Waals surface area contributed by atoms with E-state index in [0.717, 1.165) is 31.6 Å². The standard InChI is InChI=1S/C16H26N2O3/c1-3-4-15-11-13(7-8-20-15)18-14-5-6-16(17-12-14)21-10-9-19-2/h5-6,12-13,15,18H,3-4,7-11H2,1-2H3. The quantitative estimate of drug-likeness (QED) is 0.747. The van der Waals surface area contributed by atoms with Gasteiger partial charge in [0.1, 0.15) is 6.61 Å². The fourth-order valence-electron chi connectivity index (χ4n) is 2.55. The second kappa shape index (κ2) is 8.85. The second-order valence-electron chi connectivity index (χ2n) is 5.37. The first kappa shape index (κ1) is 16.0. The Morgan fingerprint density at radius 2 is 2.29 bits per heavy atom. The maximum absolute atomic E-state index is 5.77. The third-order valence-corrected chi connectivity index (χ3v) is 3.62. The topological polar surface area (TPSA) is 52.6 Å². The first-order valence-corrected chi connectivity index (χ1v) is 7.77. The number of ether oxygens (including phenoxy) is 3. The van der Waals surface area contributed by atoms with Crippen molar-refractivity contribution in [1.29, 1.82) is 0 Å². The van der Waals surface area contributed by atoms with Crippen molar-refractivity contribution in [3.05, 3.63) is 18.3 Å². The zero-order valence-corrected chi connectivity index (χ0v) is 13.0. The smallest absolute Gasteiger partial charge is 0.213 e. The number of anilines is 1. The highest BCUT2D eigenvalue weighted by molar-refractivity contribution is 5.43. The zero-order valence-electron chi connectivity index (χ0n) is 13.0. The van der Waals surface area contributed by atoms with Crippen LogP contribution in [0.2, 0.25) is 0 Å². The van der Waals surface area contributed by atoms with E-state index >= 15 is 0 Å². The molecule has 5 heteroatoms. The first-order chi connectivity index (χ1) is 10.3. The van der Waals surface area contributed by atoms with Gasteiger partial charge in [-0.1, -0.05) is 13.3 Å². The van der Waals surface area contributed by atoms with Gasteiger partial charge in [-0.25, -0.2) is 4.98 Å². The molecule has 2 unspecified atom stereocenters. The molecule has 1 aliphatic heterocycles. The van der Waals surface area contributed by atoms with E-state index in [9.17, 15) is 0 Å². The Hall–Kier alpha value is -1.33. The molecule has 5 nitrogen and oxygen atoms in total. The van der Waals surface area contributed by atoms with Crippen LogP contribution in [-0.2, 0) is 9.47 Å². The fraction of sp³-hybridized carbons (Fsp3) is 0.688. The normalized spacial score (nSPS) is 22.0. The van der Waals surface area contributed by atoms with Crippen molar-refractivity contribution in [3.8, 4) is 5.88 Å². The largest absolute Gasteiger partial charge is 0.475 e. The molecule has 2 rings (SSSR count). The molecule has 118 valence electrons. The summed E-state index contributed by atoms with van der Waals surface area (Å²) in [5.74, 6) is 0.633. The minimum Gasteiger partial charge on any atom is -0.475 e. The Morgan fingerprint density at radius 3 is 3.00 bits per heavy atom. The van der Waals surface area contributed by atoms with Crippen LogP contribution in [0.1, 0.15) is 32.6 Å². The van der Waals surface area contributed by atoms with E-state index in [1.54, 1.807) is 7.11 Å². The van der Waals surface area contributed by atoms with Crippen LogP contribution >= 0.6 is 0 Å². The van der Waals surface area contributed by atoms with E-state index in [-0.39, 0.29) is 0 Å². The Balaban J connectivity index is 1.79. The lowest BCUT2D eigenvalue weighted by Gasteiger charge is -2.30. The van der Waals surface area contributed by atoms with Crippen LogP contribution in [0.5, 0.6) is 5.88 Å². The summed E-state index contributed by atoms with van der Waals surface area (Å²) in [6, 6.07) is 4.37. The number of rotatable bonds is 8. The van der Waals surface area contributed by atoms with Gasteiger partial charge in [0, 0.05) is 25.8 Å². The summed E-state index contributed by atoms with van der Waals surface area (Å²) < 4.78 is 16.2. The molecule has 2 heterocycles. The maximum atomic E-state index is 5.77.